The molecule has 0 aromatic carbocycles. The molecule has 0 radical (unpaired) electrons. The van der Waals surface area contributed by atoms with Crippen LogP contribution in [0.15, 0.2) is 27.1 Å². The summed E-state index contributed by atoms with van der Waals surface area (Å²) in [5.41, 5.74) is 4.53. The number of methoxy groups -OCH3 is 1. The highest BCUT2D eigenvalue weighted by Gasteiger charge is 1.96. The Labute approximate surface area is 275 Å². The molecule has 0 aliphatic rings. The number of ether oxygens (including phenoxy) is 1. The molecule has 37 heavy (non-hydrogen) atoms. The van der Waals surface area contributed by atoms with Crippen molar-refractivity contribution >= 4 is 129 Å². The zero-order valence-electron chi connectivity index (χ0n) is 21.6. The average Bonchev–Trinajstić information content (AvgIpc) is 3.46. The summed E-state index contributed by atoms with van der Waals surface area (Å²) >= 11 is 15.7. The lowest BCUT2D eigenvalue weighted by Crippen LogP contribution is -2.17. The molecule has 3 N–H and O–H groups in total. The molecule has 0 aliphatic heterocycles. The van der Waals surface area contributed by atoms with Crippen LogP contribution in [0.4, 0.5) is 0 Å². The summed E-state index contributed by atoms with van der Waals surface area (Å²) in [6.45, 7) is 0. The van der Waals surface area contributed by atoms with Crippen LogP contribution in [-0.4, -0.2) is 65.0 Å². The third kappa shape index (κ3) is 36.8. The topological polar surface area (TPSA) is 125 Å². The lowest BCUT2D eigenvalue weighted by atomic mass is 10.5. The number of hydrogen-bond acceptors (Lipinski definition) is 10. The Balaban J connectivity index is -0.0000000834. The highest BCUT2D eigenvalue weighted by atomic mass is 128. The van der Waals surface area contributed by atoms with E-state index in [4.69, 9.17) is 11.6 Å². The molecule has 0 saturated carbocycles. The third-order valence-electron chi connectivity index (χ3n) is 3.06. The van der Waals surface area contributed by atoms with E-state index in [0.29, 0.717) is 17.2 Å². The maximum atomic E-state index is 10.5. The number of hydrogen-bond donors (Lipinski definition) is 2. The molecule has 0 fully saturated rings. The maximum Gasteiger partial charge on any atom is 0.306 e. The molecule has 0 spiro atoms. The van der Waals surface area contributed by atoms with Crippen LogP contribution in [0.25, 0.3) is 0 Å². The summed E-state index contributed by atoms with van der Waals surface area (Å²) in [7, 11) is 16.2. The zero-order chi connectivity index (χ0) is 30.2. The molecule has 0 atom stereocenters. The quantitative estimate of drug-likeness (QED) is 0.271. The molecule has 2 rings (SSSR count). The van der Waals surface area contributed by atoms with Crippen molar-refractivity contribution in [1.29, 1.82) is 0 Å². The van der Waals surface area contributed by atoms with Crippen molar-refractivity contribution in [3.63, 3.8) is 0 Å². The van der Waals surface area contributed by atoms with Crippen LogP contribution >= 0.6 is 117 Å². The van der Waals surface area contributed by atoms with E-state index in [1.165, 1.54) is 47.2 Å². The van der Waals surface area contributed by atoms with E-state index in [0.717, 1.165) is 11.5 Å². The van der Waals surface area contributed by atoms with Crippen LogP contribution in [0.5, 0.6) is 0 Å². The Kier molecular flexibility index (Phi) is 50.1. The van der Waals surface area contributed by atoms with Gasteiger partial charge in [-0.2, -0.15) is 23.5 Å². The first kappa shape index (κ1) is 47.6. The highest BCUT2D eigenvalue weighted by Crippen LogP contribution is 2.09. The van der Waals surface area contributed by atoms with Gasteiger partial charge in [-0.3, -0.25) is 27.1 Å². The van der Waals surface area contributed by atoms with Crippen LogP contribution in [0.2, 0.25) is 4.34 Å². The Bertz CT molecular complexity index is 858. The van der Waals surface area contributed by atoms with Gasteiger partial charge in [-0.15, -0.1) is 0 Å². The minimum Gasteiger partial charge on any atom is -0.469 e. The van der Waals surface area contributed by atoms with Crippen molar-refractivity contribution < 1.29 is 15.8 Å². The van der Waals surface area contributed by atoms with E-state index < -0.39 is 0 Å². The van der Waals surface area contributed by atoms with Gasteiger partial charge in [0, 0.05) is 117 Å². The van der Waals surface area contributed by atoms with Gasteiger partial charge in [-0.1, -0.05) is 23.1 Å². The molecule has 0 unspecified atom stereocenters. The van der Waals surface area contributed by atoms with Gasteiger partial charge in [0.05, 0.1) is 13.5 Å². The van der Waals surface area contributed by atoms with Gasteiger partial charge in [-0.05, 0) is 31.1 Å². The van der Waals surface area contributed by atoms with Gasteiger partial charge in [0.15, 0.2) is 0 Å². The van der Waals surface area contributed by atoms with Gasteiger partial charge in [0.2, 0.25) is 5.91 Å². The lowest BCUT2D eigenvalue weighted by Gasteiger charge is -1.94. The predicted octanol–water partition coefficient (Wildman–Crippen LogP) is 5.92. The van der Waals surface area contributed by atoms with Gasteiger partial charge in [0.1, 0.15) is 4.34 Å². The molecule has 2 aromatic rings. The summed E-state index contributed by atoms with van der Waals surface area (Å²) in [5, 5.41) is 4.31. The second-order valence-electron chi connectivity index (χ2n) is 5.35. The number of halogens is 5. The normalized spacial score (nSPS) is 8.14. The number of esters is 1. The van der Waals surface area contributed by atoms with Crippen LogP contribution in [0.1, 0.15) is 14.3 Å². The SMILES string of the molecule is CN.CNC(=O)CCSC.COC(=O)CCSC.ClCl.Cn1sc(Cl)cc1=O.Cn1sccc1=O.II.[2HH]. The van der Waals surface area contributed by atoms with Crippen molar-refractivity contribution in [2.45, 2.75) is 12.8 Å². The fraction of sp³-hybridized carbons (Fsp3) is 0.579. The Morgan fingerprint density at radius 2 is 1.57 bits per heavy atom. The van der Waals surface area contributed by atoms with Crippen LogP contribution in [-0.2, 0) is 28.4 Å². The third-order valence-corrected chi connectivity index (χ3v) is 6.10. The van der Waals surface area contributed by atoms with E-state index in [-0.39, 0.29) is 24.4 Å². The van der Waals surface area contributed by atoms with Crippen molar-refractivity contribution in [2.24, 2.45) is 19.8 Å². The first-order valence-electron chi connectivity index (χ1n) is 9.68. The molecule has 1 amide bonds. The molecular weight excluding hydrogens is 853 g/mol. The number of rotatable bonds is 6. The van der Waals surface area contributed by atoms with E-state index in [2.05, 4.69) is 74.7 Å². The van der Waals surface area contributed by atoms with Crippen molar-refractivity contribution in [3.8, 4) is 0 Å². The van der Waals surface area contributed by atoms with Crippen molar-refractivity contribution in [3.05, 3.63) is 42.6 Å². The smallest absolute Gasteiger partial charge is 0.306 e. The summed E-state index contributed by atoms with van der Waals surface area (Å²) in [4.78, 5) is 41.7. The van der Waals surface area contributed by atoms with E-state index in [9.17, 15) is 19.2 Å². The second-order valence-corrected chi connectivity index (χ2v) is 10.2. The van der Waals surface area contributed by atoms with Gasteiger partial charge >= 0.3 is 5.97 Å². The monoisotopic (exact) mass is 889 g/mol. The molecule has 0 bridgehead atoms. The number of amides is 1. The predicted molar refractivity (Wildman–Crippen MR) is 188 cm³/mol. The molecule has 2 aromatic heterocycles. The Morgan fingerprint density at radius 3 is 1.78 bits per heavy atom. The zero-order valence-corrected chi connectivity index (χ0v) is 31.4. The number of aromatic nitrogens is 2. The molecule has 0 aliphatic carbocycles. The van der Waals surface area contributed by atoms with E-state index in [1.54, 1.807) is 60.1 Å². The minimum absolute atomic E-state index is 0. The first-order valence-corrected chi connectivity index (χ1v) is 21.9. The van der Waals surface area contributed by atoms with Gasteiger partial charge in [0.25, 0.3) is 11.1 Å². The number of aryl methyl sites for hydroxylation is 2. The fourth-order valence-electron chi connectivity index (χ4n) is 1.33. The van der Waals surface area contributed by atoms with Crippen LogP contribution in [0, 0.1) is 0 Å². The standard InChI is InChI=1S/C5H11NOS.C5H10O2S.C4H4ClNOS.C4H5NOS.CH5N.Cl2.I2.H2/c1-6-5(7)3-4-8-2;1-7-5(6)3-4-8-2;1-6-4(7)2-3(5)8-6;1-5-4(6)2-3-7-5;3*1-2;/h3-4H2,1-2H3,(H,6,7);3-4H2,1-2H3;2H,1H3;2-3H,1H3;2H2,1H3;;;1H/i;;;;;;;1+1. The van der Waals surface area contributed by atoms with Gasteiger partial charge < -0.3 is 15.8 Å². The molecule has 18 heteroatoms. The minimum atomic E-state index is -0.126. The number of nitrogens with two attached hydrogens (primary N) is 1. The number of nitrogens with one attached hydrogen (secondary N) is 1. The average molecular weight is 891 g/mol. The first-order chi connectivity index (χ1) is 17.6. The highest BCUT2D eigenvalue weighted by molar-refractivity contribution is 15.0. The number of carbonyl (C=O) groups excluding carboxylic acids is 2. The van der Waals surface area contributed by atoms with Gasteiger partial charge in [-0.25, -0.2) is 0 Å². The van der Waals surface area contributed by atoms with E-state index >= 15 is 0 Å². The van der Waals surface area contributed by atoms with Crippen molar-refractivity contribution in [2.75, 3.05) is 45.2 Å². The molecule has 222 valence electrons. The molecule has 9 nitrogen and oxygen atoms in total. The second kappa shape index (κ2) is 38.9. The number of nitrogens with zero attached hydrogens (tertiary/aromatic N) is 2. The van der Waals surface area contributed by atoms with Crippen LogP contribution in [0.3, 0.4) is 0 Å². The summed E-state index contributed by atoms with van der Waals surface area (Å²) in [5.74, 6) is 1.77. The fourth-order valence-corrected chi connectivity index (χ4v) is 3.58. The molecule has 0 saturated heterocycles. The van der Waals surface area contributed by atoms with E-state index in [1.807, 2.05) is 12.5 Å². The number of thioether (sulfide) groups is 2. The van der Waals surface area contributed by atoms with Crippen LogP contribution < -0.4 is 22.2 Å². The molecule has 2 heterocycles. The summed E-state index contributed by atoms with van der Waals surface area (Å²) < 4.78 is 7.98. The number of carbonyl (C=O) groups is 2. The largest absolute Gasteiger partial charge is 0.469 e. The Morgan fingerprint density at radius 1 is 1.08 bits per heavy atom. The summed E-state index contributed by atoms with van der Waals surface area (Å²) in [6.07, 6.45) is 5.11. The lowest BCUT2D eigenvalue weighted by molar-refractivity contribution is -0.140. The molecular formula is C19H37Cl3I2N4O5S4. The van der Waals surface area contributed by atoms with Crippen molar-refractivity contribution in [1.82, 2.24) is 13.2 Å². The maximum absolute atomic E-state index is 10.5. The Hall–Kier alpha value is 0.790. The summed E-state index contributed by atoms with van der Waals surface area (Å²) in [6, 6.07) is 2.94.